The lowest BCUT2D eigenvalue weighted by Gasteiger charge is -2.22. The first-order valence-corrected chi connectivity index (χ1v) is 31.5. The van der Waals surface area contributed by atoms with Gasteiger partial charge in [-0.2, -0.15) is 0 Å². The summed E-state index contributed by atoms with van der Waals surface area (Å²) in [6.07, 6.45) is 75.3. The Morgan fingerprint density at radius 3 is 0.523 bits per heavy atom. The van der Waals surface area contributed by atoms with Crippen LogP contribution in [0.5, 0.6) is 0 Å². The molecule has 0 aromatic rings. The van der Waals surface area contributed by atoms with Gasteiger partial charge < -0.3 is 15.5 Å². The Hall–Kier alpha value is -0.120. The molecule has 0 saturated heterocycles. The van der Waals surface area contributed by atoms with E-state index in [0.29, 0.717) is 0 Å². The van der Waals surface area contributed by atoms with E-state index in [2.05, 4.69) is 36.3 Å². The predicted molar refractivity (Wildman–Crippen MR) is 299 cm³/mol. The minimum Gasteiger partial charge on any atom is -0.317 e. The minimum absolute atomic E-state index is 1.20. The average molecular weight is 917 g/mol. The van der Waals surface area contributed by atoms with Gasteiger partial charge in [-0.15, -0.1) is 0 Å². The molecule has 0 rings (SSSR count). The van der Waals surface area contributed by atoms with E-state index in [-0.39, 0.29) is 0 Å². The Morgan fingerprint density at radius 1 is 0.169 bits per heavy atom. The molecule has 0 amide bonds. The van der Waals surface area contributed by atoms with Gasteiger partial charge in [-0.05, 0) is 90.8 Å². The van der Waals surface area contributed by atoms with Crippen LogP contribution in [0.2, 0.25) is 0 Å². The van der Waals surface area contributed by atoms with Crippen molar-refractivity contribution in [3.8, 4) is 0 Å². The van der Waals surface area contributed by atoms with Gasteiger partial charge in [0, 0.05) is 0 Å². The fourth-order valence-electron chi connectivity index (χ4n) is 10.2. The van der Waals surface area contributed by atoms with Crippen molar-refractivity contribution in [1.82, 2.24) is 15.5 Å². The smallest absolute Gasteiger partial charge is 0.00183 e. The maximum Gasteiger partial charge on any atom is -0.00183 e. The van der Waals surface area contributed by atoms with Crippen molar-refractivity contribution in [3.63, 3.8) is 0 Å². The molecule has 0 unspecified atom stereocenters. The Bertz CT molecular complexity index is 750. The van der Waals surface area contributed by atoms with Crippen molar-refractivity contribution < 1.29 is 0 Å². The fourth-order valence-corrected chi connectivity index (χ4v) is 10.2. The first kappa shape index (κ1) is 64.9. The Kier molecular flexibility index (Phi) is 61.8. The summed E-state index contributed by atoms with van der Waals surface area (Å²) in [5.41, 5.74) is 0. The maximum atomic E-state index is 3.78. The van der Waals surface area contributed by atoms with Crippen molar-refractivity contribution in [2.45, 2.75) is 355 Å². The minimum atomic E-state index is 1.20. The first-order chi connectivity index (χ1) is 32.3. The van der Waals surface area contributed by atoms with Crippen LogP contribution in [0.3, 0.4) is 0 Å². The van der Waals surface area contributed by atoms with E-state index in [1.54, 1.807) is 0 Å². The molecule has 0 aliphatic carbocycles. The molecule has 0 spiro atoms. The van der Waals surface area contributed by atoms with Gasteiger partial charge in [0.25, 0.3) is 0 Å². The van der Waals surface area contributed by atoms with Crippen LogP contribution in [-0.2, 0) is 0 Å². The summed E-state index contributed by atoms with van der Waals surface area (Å²) in [7, 11) is 0. The molecule has 0 aliphatic heterocycles. The van der Waals surface area contributed by atoms with E-state index in [1.807, 2.05) is 0 Å². The van der Waals surface area contributed by atoms with Crippen molar-refractivity contribution in [2.24, 2.45) is 0 Å². The van der Waals surface area contributed by atoms with E-state index in [9.17, 15) is 0 Å². The molecule has 0 bridgehead atoms. The molecule has 0 fully saturated rings. The summed E-state index contributed by atoms with van der Waals surface area (Å²) in [5, 5.41) is 7.50. The van der Waals surface area contributed by atoms with Gasteiger partial charge in [0.2, 0.25) is 0 Å². The van der Waals surface area contributed by atoms with Crippen LogP contribution in [-0.4, -0.2) is 50.7 Å². The highest BCUT2D eigenvalue weighted by Crippen LogP contribution is 2.17. The third-order valence-corrected chi connectivity index (χ3v) is 14.9. The molecule has 0 aromatic carbocycles. The summed E-state index contributed by atoms with van der Waals surface area (Å²) in [5.74, 6) is 0. The summed E-state index contributed by atoms with van der Waals surface area (Å²) < 4.78 is 0. The first-order valence-electron chi connectivity index (χ1n) is 31.5. The lowest BCUT2D eigenvalue weighted by molar-refractivity contribution is 0.254. The van der Waals surface area contributed by atoms with Crippen molar-refractivity contribution in [2.75, 3.05) is 45.8 Å². The van der Waals surface area contributed by atoms with Gasteiger partial charge in [0.05, 0.1) is 0 Å². The Labute approximate surface area is 414 Å². The molecule has 0 aromatic heterocycles. The second-order valence-electron chi connectivity index (χ2n) is 21.7. The van der Waals surface area contributed by atoms with Gasteiger partial charge in [0.15, 0.2) is 0 Å². The van der Waals surface area contributed by atoms with Crippen LogP contribution >= 0.6 is 0 Å². The zero-order valence-electron chi connectivity index (χ0n) is 46.2. The average Bonchev–Trinajstić information content (AvgIpc) is 3.32. The second-order valence-corrected chi connectivity index (χ2v) is 21.7. The Morgan fingerprint density at radius 2 is 0.308 bits per heavy atom. The SMILES string of the molecule is CCCCCCCCCCCCCCCCCCNCCCCNCCCCN(CCCCCCCCCCCCCCCCCC)CCCCCCCCCCCCCCCCCC. The number of rotatable bonds is 61. The van der Waals surface area contributed by atoms with E-state index in [1.165, 1.54) is 380 Å². The monoisotopic (exact) mass is 916 g/mol. The predicted octanol–water partition coefficient (Wildman–Crippen LogP) is 20.8. The second kappa shape index (κ2) is 61.9. The lowest BCUT2D eigenvalue weighted by Crippen LogP contribution is -2.28. The Balaban J connectivity index is 3.89. The molecule has 0 heterocycles. The number of nitrogens with one attached hydrogen (secondary N) is 2. The highest BCUT2D eigenvalue weighted by Gasteiger charge is 2.06. The summed E-state index contributed by atoms with van der Waals surface area (Å²) >= 11 is 0. The van der Waals surface area contributed by atoms with Crippen LogP contribution in [0.15, 0.2) is 0 Å². The summed E-state index contributed by atoms with van der Waals surface area (Å²) in [6, 6.07) is 0. The normalized spacial score (nSPS) is 11.8. The molecule has 3 heteroatoms. The van der Waals surface area contributed by atoms with E-state index in [4.69, 9.17) is 0 Å². The van der Waals surface area contributed by atoms with Crippen LogP contribution < -0.4 is 10.6 Å². The van der Waals surface area contributed by atoms with Crippen molar-refractivity contribution in [1.29, 1.82) is 0 Å². The van der Waals surface area contributed by atoms with Crippen LogP contribution in [0.25, 0.3) is 0 Å². The van der Waals surface area contributed by atoms with E-state index in [0.717, 1.165) is 0 Å². The van der Waals surface area contributed by atoms with Crippen LogP contribution in [0.1, 0.15) is 355 Å². The molecule has 2 N–H and O–H groups in total. The van der Waals surface area contributed by atoms with E-state index < -0.39 is 0 Å². The molecule has 0 saturated carbocycles. The number of hydrogen-bond acceptors (Lipinski definition) is 3. The molecule has 0 atom stereocenters. The summed E-state index contributed by atoms with van der Waals surface area (Å²) in [6.45, 7) is 15.8. The van der Waals surface area contributed by atoms with Gasteiger partial charge in [0.1, 0.15) is 0 Å². The zero-order valence-corrected chi connectivity index (χ0v) is 46.2. The van der Waals surface area contributed by atoms with Crippen LogP contribution in [0, 0.1) is 0 Å². The van der Waals surface area contributed by atoms with Crippen LogP contribution in [0.4, 0.5) is 0 Å². The number of hydrogen-bond donors (Lipinski definition) is 2. The standard InChI is InChI=1S/C62H129N3/c1-4-7-10-13-16-19-22-25-28-31-34-37-40-43-46-49-56-63-57-50-51-58-64-59-52-55-62-65(60-53-47-44-41-38-35-32-29-26-23-20-17-14-11-8-5-2)61-54-48-45-42-39-36-33-30-27-24-21-18-15-12-9-6-3/h63-64H,4-62H2,1-3H3. The van der Waals surface area contributed by atoms with Crippen molar-refractivity contribution in [3.05, 3.63) is 0 Å². The molecule has 65 heavy (non-hydrogen) atoms. The summed E-state index contributed by atoms with van der Waals surface area (Å²) in [4.78, 5) is 2.86. The number of unbranched alkanes of at least 4 members (excludes halogenated alkanes) is 47. The largest absolute Gasteiger partial charge is 0.317 e. The topological polar surface area (TPSA) is 27.3 Å². The zero-order chi connectivity index (χ0) is 46.7. The highest BCUT2D eigenvalue weighted by molar-refractivity contribution is 4.62. The third-order valence-electron chi connectivity index (χ3n) is 14.9. The van der Waals surface area contributed by atoms with Gasteiger partial charge in [-0.1, -0.05) is 310 Å². The van der Waals surface area contributed by atoms with Gasteiger partial charge in [-0.3, -0.25) is 0 Å². The molecule has 0 radical (unpaired) electrons. The van der Waals surface area contributed by atoms with Gasteiger partial charge in [-0.25, -0.2) is 0 Å². The molecule has 392 valence electrons. The quantitative estimate of drug-likeness (QED) is 0.0596. The third kappa shape index (κ3) is 59.9. The van der Waals surface area contributed by atoms with E-state index >= 15 is 0 Å². The van der Waals surface area contributed by atoms with Crippen molar-refractivity contribution >= 4 is 0 Å². The molecular formula is C62H129N3. The lowest BCUT2D eigenvalue weighted by atomic mass is 10.0. The van der Waals surface area contributed by atoms with Gasteiger partial charge >= 0.3 is 0 Å². The molecular weight excluding hydrogens is 787 g/mol. The fraction of sp³-hybridized carbons (Fsp3) is 1.00. The maximum absolute atomic E-state index is 3.78. The number of nitrogens with zero attached hydrogens (tertiary/aromatic N) is 1. The molecule has 3 nitrogen and oxygen atoms in total. The highest BCUT2D eigenvalue weighted by atomic mass is 15.1. The molecule has 0 aliphatic rings.